The van der Waals surface area contributed by atoms with Gasteiger partial charge in [-0.25, -0.2) is 4.79 Å². The zero-order valence-corrected chi connectivity index (χ0v) is 16.7. The van der Waals surface area contributed by atoms with Crippen molar-refractivity contribution in [2.45, 2.75) is 37.5 Å². The first-order valence-electron chi connectivity index (χ1n) is 10.1. The quantitative estimate of drug-likeness (QED) is 0.765. The van der Waals surface area contributed by atoms with Crippen molar-refractivity contribution in [1.29, 1.82) is 0 Å². The Morgan fingerprint density at radius 2 is 1.53 bits per heavy atom. The molecule has 1 unspecified atom stereocenters. The van der Waals surface area contributed by atoms with Crippen LogP contribution in [0.2, 0.25) is 0 Å². The minimum Gasteiger partial charge on any atom is -0.448 e. The third kappa shape index (κ3) is 3.55. The summed E-state index contributed by atoms with van der Waals surface area (Å²) in [5, 5.41) is 9.87. The minimum atomic E-state index is -4.69. The normalized spacial score (nSPS) is 19.2. The molecule has 1 amide bonds. The Bertz CT molecular complexity index is 888. The van der Waals surface area contributed by atoms with Gasteiger partial charge in [0.15, 0.2) is 5.60 Å². The van der Waals surface area contributed by atoms with Gasteiger partial charge in [-0.2, -0.15) is 13.2 Å². The van der Waals surface area contributed by atoms with Gasteiger partial charge in [0.05, 0.1) is 0 Å². The van der Waals surface area contributed by atoms with Gasteiger partial charge in [0.2, 0.25) is 0 Å². The number of ether oxygens (including phenoxy) is 1. The number of alkyl halides is 3. The number of benzene rings is 2. The van der Waals surface area contributed by atoms with Crippen LogP contribution in [0.3, 0.4) is 0 Å². The molecule has 1 atom stereocenters. The molecular formula is C23H24F3NO3. The maximum atomic E-state index is 13.1. The van der Waals surface area contributed by atoms with E-state index in [0.29, 0.717) is 0 Å². The second-order valence-electron chi connectivity index (χ2n) is 8.21. The Balaban J connectivity index is 1.39. The molecule has 1 heterocycles. The highest BCUT2D eigenvalue weighted by Crippen LogP contribution is 2.45. The molecule has 1 saturated heterocycles. The molecule has 2 aliphatic rings. The van der Waals surface area contributed by atoms with Crippen LogP contribution in [-0.4, -0.2) is 47.6 Å². The number of piperidine rings is 1. The van der Waals surface area contributed by atoms with Crippen molar-refractivity contribution in [1.82, 2.24) is 4.90 Å². The summed E-state index contributed by atoms with van der Waals surface area (Å²) < 4.78 is 44.7. The molecule has 1 aliphatic heterocycles. The Labute approximate surface area is 173 Å². The van der Waals surface area contributed by atoms with Crippen LogP contribution in [0, 0.1) is 5.92 Å². The molecule has 0 bridgehead atoms. The number of fused-ring (bicyclic) bond motifs is 3. The Hall–Kier alpha value is -2.54. The minimum absolute atomic E-state index is 0.0650. The predicted molar refractivity (Wildman–Crippen MR) is 106 cm³/mol. The fraction of sp³-hybridized carbons (Fsp3) is 0.435. The van der Waals surface area contributed by atoms with Gasteiger partial charge in [-0.1, -0.05) is 48.5 Å². The van der Waals surface area contributed by atoms with E-state index in [-0.39, 0.29) is 38.5 Å². The van der Waals surface area contributed by atoms with Gasteiger partial charge < -0.3 is 14.7 Å². The van der Waals surface area contributed by atoms with Crippen LogP contribution in [0.1, 0.15) is 36.8 Å². The van der Waals surface area contributed by atoms with E-state index in [1.165, 1.54) is 4.90 Å². The Morgan fingerprint density at radius 1 is 1.03 bits per heavy atom. The van der Waals surface area contributed by atoms with Gasteiger partial charge in [-0.15, -0.1) is 0 Å². The van der Waals surface area contributed by atoms with Gasteiger partial charge >= 0.3 is 12.3 Å². The van der Waals surface area contributed by atoms with E-state index in [9.17, 15) is 23.1 Å². The smallest absolute Gasteiger partial charge is 0.417 e. The molecule has 7 heteroatoms. The summed E-state index contributed by atoms with van der Waals surface area (Å²) in [6.45, 7) is 1.24. The van der Waals surface area contributed by atoms with Crippen molar-refractivity contribution in [2.24, 2.45) is 5.92 Å². The Kier molecular flexibility index (Phi) is 5.26. The van der Waals surface area contributed by atoms with E-state index >= 15 is 0 Å². The highest BCUT2D eigenvalue weighted by atomic mass is 19.4. The van der Waals surface area contributed by atoms with Crippen LogP contribution in [0.25, 0.3) is 11.1 Å². The van der Waals surface area contributed by atoms with Gasteiger partial charge in [0, 0.05) is 19.0 Å². The molecule has 0 aromatic heterocycles. The largest absolute Gasteiger partial charge is 0.448 e. The average molecular weight is 419 g/mol. The molecule has 1 N–H and O–H groups in total. The molecule has 0 spiro atoms. The number of hydrogen-bond donors (Lipinski definition) is 1. The number of rotatable bonds is 3. The summed E-state index contributed by atoms with van der Waals surface area (Å²) in [6, 6.07) is 16.0. The highest BCUT2D eigenvalue weighted by molar-refractivity contribution is 5.79. The lowest BCUT2D eigenvalue weighted by atomic mass is 9.81. The second kappa shape index (κ2) is 7.61. The van der Waals surface area contributed by atoms with Crippen LogP contribution >= 0.6 is 0 Å². The fourth-order valence-corrected chi connectivity index (χ4v) is 4.54. The number of aliphatic hydroxyl groups is 1. The van der Waals surface area contributed by atoms with Gasteiger partial charge in [0.25, 0.3) is 0 Å². The first-order chi connectivity index (χ1) is 14.2. The zero-order valence-electron chi connectivity index (χ0n) is 16.7. The predicted octanol–water partition coefficient (Wildman–Crippen LogP) is 4.96. The third-order valence-electron chi connectivity index (χ3n) is 6.46. The summed E-state index contributed by atoms with van der Waals surface area (Å²) in [5.74, 6) is -1.00. The molecule has 2 aromatic carbocycles. The lowest BCUT2D eigenvalue weighted by Gasteiger charge is -2.40. The first-order valence-corrected chi connectivity index (χ1v) is 10.1. The number of carbonyl (C=O) groups is 1. The number of carbonyl (C=O) groups excluding carboxylic acids is 1. The summed E-state index contributed by atoms with van der Waals surface area (Å²) in [6.07, 6.45) is -5.06. The summed E-state index contributed by atoms with van der Waals surface area (Å²) >= 11 is 0. The highest BCUT2D eigenvalue weighted by Gasteiger charge is 2.55. The van der Waals surface area contributed by atoms with Crippen LogP contribution < -0.4 is 0 Å². The third-order valence-corrected chi connectivity index (χ3v) is 6.46. The van der Waals surface area contributed by atoms with Gasteiger partial charge in [-0.3, -0.25) is 0 Å². The number of amides is 1. The van der Waals surface area contributed by atoms with Crippen LogP contribution in [0.15, 0.2) is 48.5 Å². The van der Waals surface area contributed by atoms with Crippen molar-refractivity contribution < 1.29 is 27.8 Å². The van der Waals surface area contributed by atoms with Crippen molar-refractivity contribution >= 4 is 6.09 Å². The van der Waals surface area contributed by atoms with Gasteiger partial charge in [-0.05, 0) is 47.9 Å². The number of nitrogens with zero attached hydrogens (tertiary/aromatic N) is 1. The zero-order chi connectivity index (χ0) is 21.5. The van der Waals surface area contributed by atoms with E-state index < -0.39 is 23.8 Å². The van der Waals surface area contributed by atoms with E-state index in [1.807, 2.05) is 48.5 Å². The maximum absolute atomic E-state index is 13.1. The molecule has 1 fully saturated rings. The molecular weight excluding hydrogens is 395 g/mol. The van der Waals surface area contributed by atoms with Crippen molar-refractivity contribution in [3.05, 3.63) is 59.7 Å². The average Bonchev–Trinajstić information content (AvgIpc) is 3.05. The van der Waals surface area contributed by atoms with E-state index in [0.717, 1.165) is 29.2 Å². The molecule has 2 aromatic rings. The number of hydrogen-bond acceptors (Lipinski definition) is 3. The molecule has 160 valence electrons. The lowest BCUT2D eigenvalue weighted by Crippen LogP contribution is -2.53. The molecule has 1 aliphatic carbocycles. The van der Waals surface area contributed by atoms with E-state index in [2.05, 4.69) is 0 Å². The van der Waals surface area contributed by atoms with E-state index in [1.54, 1.807) is 0 Å². The van der Waals surface area contributed by atoms with Crippen LogP contribution in [-0.2, 0) is 4.74 Å². The van der Waals surface area contributed by atoms with Crippen molar-refractivity contribution in [3.63, 3.8) is 0 Å². The second-order valence-corrected chi connectivity index (χ2v) is 8.21. The summed E-state index contributed by atoms with van der Waals surface area (Å²) in [7, 11) is 0. The van der Waals surface area contributed by atoms with Crippen LogP contribution in [0.5, 0.6) is 0 Å². The maximum Gasteiger partial charge on any atom is 0.417 e. The standard InChI is InChI=1S/C23H24F3NO3/c1-22(29,23(24,25)26)15-10-12-27(13-11-15)21(28)30-14-20-18-8-4-2-6-16(18)17-7-3-5-9-19(17)20/h2-9,15,20,29H,10-14H2,1H3. The lowest BCUT2D eigenvalue weighted by molar-refractivity contribution is -0.275. The van der Waals surface area contributed by atoms with Crippen molar-refractivity contribution in [2.75, 3.05) is 19.7 Å². The molecule has 0 saturated carbocycles. The Morgan fingerprint density at radius 3 is 2.03 bits per heavy atom. The first kappa shape index (κ1) is 20.7. The SMILES string of the molecule is CC(O)(C1CCN(C(=O)OCC2c3ccccc3-c3ccccc32)CC1)C(F)(F)F. The molecule has 30 heavy (non-hydrogen) atoms. The van der Waals surface area contributed by atoms with Crippen LogP contribution in [0.4, 0.5) is 18.0 Å². The fourth-order valence-electron chi connectivity index (χ4n) is 4.54. The molecule has 0 radical (unpaired) electrons. The molecule has 4 nitrogen and oxygen atoms in total. The number of likely N-dealkylation sites (tertiary alicyclic amines) is 1. The topological polar surface area (TPSA) is 49.8 Å². The number of halogens is 3. The summed E-state index contributed by atoms with van der Waals surface area (Å²) in [4.78, 5) is 14.0. The van der Waals surface area contributed by atoms with Crippen molar-refractivity contribution in [3.8, 4) is 11.1 Å². The van der Waals surface area contributed by atoms with E-state index in [4.69, 9.17) is 4.74 Å². The monoisotopic (exact) mass is 419 g/mol. The molecule has 4 rings (SSSR count). The summed E-state index contributed by atoms with van der Waals surface area (Å²) in [5.41, 5.74) is 1.71. The van der Waals surface area contributed by atoms with Gasteiger partial charge in [0.1, 0.15) is 6.61 Å².